The molecule has 1 aliphatic heterocycles. The minimum absolute atomic E-state index is 0.0328. The molecule has 0 radical (unpaired) electrons. The number of rotatable bonds is 2. The lowest BCUT2D eigenvalue weighted by atomic mass is 10.0. The molecule has 0 bridgehead atoms. The number of likely N-dealkylation sites (tertiary alicyclic amines) is 1. The SMILES string of the molecule is Cc1noc2nc(-c3ccc(F)cc3)cc(C(=O)N3CCCC3)c12. The van der Waals surface area contributed by atoms with Crippen molar-refractivity contribution < 1.29 is 13.7 Å². The third-order valence-corrected chi connectivity index (χ3v) is 4.38. The molecule has 0 saturated carbocycles. The first-order valence-electron chi connectivity index (χ1n) is 7.96. The Kier molecular flexibility index (Phi) is 3.52. The molecular weight excluding hydrogens is 309 g/mol. The Bertz CT molecular complexity index is 912. The first-order chi connectivity index (χ1) is 11.6. The van der Waals surface area contributed by atoms with Crippen molar-refractivity contribution in [2.75, 3.05) is 13.1 Å². The van der Waals surface area contributed by atoms with E-state index in [1.807, 2.05) is 4.90 Å². The summed E-state index contributed by atoms with van der Waals surface area (Å²) in [5.41, 5.74) is 2.81. The van der Waals surface area contributed by atoms with Crippen LogP contribution in [0.4, 0.5) is 4.39 Å². The number of hydrogen-bond acceptors (Lipinski definition) is 4. The van der Waals surface area contributed by atoms with E-state index in [-0.39, 0.29) is 11.7 Å². The molecule has 1 saturated heterocycles. The summed E-state index contributed by atoms with van der Waals surface area (Å²) >= 11 is 0. The number of carbonyl (C=O) groups is 1. The predicted molar refractivity (Wildman–Crippen MR) is 87.1 cm³/mol. The molecule has 24 heavy (non-hydrogen) atoms. The predicted octanol–water partition coefficient (Wildman–Crippen LogP) is 3.57. The Balaban J connectivity index is 1.88. The maximum atomic E-state index is 13.2. The molecule has 1 fully saturated rings. The van der Waals surface area contributed by atoms with Gasteiger partial charge in [0.25, 0.3) is 11.6 Å². The third kappa shape index (κ3) is 2.44. The zero-order valence-electron chi connectivity index (χ0n) is 13.3. The lowest BCUT2D eigenvalue weighted by Crippen LogP contribution is -2.27. The van der Waals surface area contributed by atoms with Crippen LogP contribution in [-0.2, 0) is 0 Å². The van der Waals surface area contributed by atoms with Crippen molar-refractivity contribution in [1.29, 1.82) is 0 Å². The van der Waals surface area contributed by atoms with E-state index in [4.69, 9.17) is 4.52 Å². The highest BCUT2D eigenvalue weighted by Gasteiger charge is 2.25. The Hall–Kier alpha value is -2.76. The molecule has 122 valence electrons. The molecule has 1 aliphatic rings. The van der Waals surface area contributed by atoms with Crippen LogP contribution in [0.1, 0.15) is 28.9 Å². The van der Waals surface area contributed by atoms with Crippen LogP contribution in [0.5, 0.6) is 0 Å². The summed E-state index contributed by atoms with van der Waals surface area (Å²) in [6, 6.07) is 7.76. The number of fused-ring (bicyclic) bond motifs is 1. The van der Waals surface area contributed by atoms with Crippen LogP contribution in [0.15, 0.2) is 34.9 Å². The summed E-state index contributed by atoms with van der Waals surface area (Å²) in [5.74, 6) is -0.349. The van der Waals surface area contributed by atoms with E-state index in [0.717, 1.165) is 31.5 Å². The molecular formula is C18H16FN3O2. The smallest absolute Gasteiger partial charge is 0.259 e. The molecule has 0 unspecified atom stereocenters. The quantitative estimate of drug-likeness (QED) is 0.723. The average molecular weight is 325 g/mol. The van der Waals surface area contributed by atoms with Crippen molar-refractivity contribution in [3.63, 3.8) is 0 Å². The first kappa shape index (κ1) is 14.8. The van der Waals surface area contributed by atoms with Crippen LogP contribution in [0.2, 0.25) is 0 Å². The molecule has 0 aliphatic carbocycles. The minimum atomic E-state index is -0.316. The second-order valence-electron chi connectivity index (χ2n) is 6.01. The number of carbonyl (C=O) groups excluding carboxylic acids is 1. The molecule has 0 N–H and O–H groups in total. The van der Waals surface area contributed by atoms with Gasteiger partial charge in [0.05, 0.1) is 22.3 Å². The summed E-state index contributed by atoms with van der Waals surface area (Å²) in [7, 11) is 0. The number of pyridine rings is 1. The second kappa shape index (κ2) is 5.70. The van der Waals surface area contributed by atoms with Gasteiger partial charge in [-0.3, -0.25) is 4.79 Å². The average Bonchev–Trinajstić information content (AvgIpc) is 3.24. The molecule has 5 nitrogen and oxygen atoms in total. The Morgan fingerprint density at radius 1 is 1.21 bits per heavy atom. The summed E-state index contributed by atoms with van der Waals surface area (Å²) < 4.78 is 18.4. The van der Waals surface area contributed by atoms with Gasteiger partial charge < -0.3 is 9.42 Å². The van der Waals surface area contributed by atoms with Crippen LogP contribution in [0.3, 0.4) is 0 Å². The molecule has 2 aromatic heterocycles. The normalized spacial score (nSPS) is 14.5. The van der Waals surface area contributed by atoms with Crippen molar-refractivity contribution in [1.82, 2.24) is 15.0 Å². The van der Waals surface area contributed by atoms with E-state index in [1.165, 1.54) is 12.1 Å². The fraction of sp³-hybridized carbons (Fsp3) is 0.278. The van der Waals surface area contributed by atoms with E-state index < -0.39 is 0 Å². The monoisotopic (exact) mass is 325 g/mol. The standard InChI is InChI=1S/C18H16FN3O2/c1-11-16-14(18(23)22-8-2-3-9-22)10-15(20-17(16)24-21-11)12-4-6-13(19)7-5-12/h4-7,10H,2-3,8-9H2,1H3. The van der Waals surface area contributed by atoms with Crippen molar-refractivity contribution in [3.05, 3.63) is 47.4 Å². The van der Waals surface area contributed by atoms with E-state index in [9.17, 15) is 9.18 Å². The van der Waals surface area contributed by atoms with Gasteiger partial charge in [0.15, 0.2) is 0 Å². The summed E-state index contributed by atoms with van der Waals surface area (Å²) in [6.45, 7) is 3.32. The first-order valence-corrected chi connectivity index (χ1v) is 7.96. The van der Waals surface area contributed by atoms with E-state index in [1.54, 1.807) is 25.1 Å². The summed E-state index contributed by atoms with van der Waals surface area (Å²) in [5, 5.41) is 4.60. The van der Waals surface area contributed by atoms with Crippen LogP contribution in [0.25, 0.3) is 22.4 Å². The number of nitrogens with zero attached hydrogens (tertiary/aromatic N) is 3. The van der Waals surface area contributed by atoms with Gasteiger partial charge in [-0.15, -0.1) is 0 Å². The van der Waals surface area contributed by atoms with E-state index >= 15 is 0 Å². The van der Waals surface area contributed by atoms with Crippen LogP contribution in [0, 0.1) is 12.7 Å². The van der Waals surface area contributed by atoms with Gasteiger partial charge in [0.1, 0.15) is 5.82 Å². The Morgan fingerprint density at radius 3 is 2.62 bits per heavy atom. The van der Waals surface area contributed by atoms with Gasteiger partial charge in [0, 0.05) is 18.7 Å². The van der Waals surface area contributed by atoms with Gasteiger partial charge in [-0.05, 0) is 50.1 Å². The molecule has 1 amide bonds. The molecule has 3 aromatic rings. The second-order valence-corrected chi connectivity index (χ2v) is 6.01. The van der Waals surface area contributed by atoms with E-state index in [0.29, 0.717) is 28.1 Å². The number of amides is 1. The molecule has 6 heteroatoms. The highest BCUT2D eigenvalue weighted by molar-refractivity contribution is 6.07. The number of aromatic nitrogens is 2. The molecule has 4 rings (SSSR count). The third-order valence-electron chi connectivity index (χ3n) is 4.38. The zero-order valence-corrected chi connectivity index (χ0v) is 13.3. The number of aryl methyl sites for hydroxylation is 1. The van der Waals surface area contributed by atoms with Gasteiger partial charge in [-0.1, -0.05) is 5.16 Å². The van der Waals surface area contributed by atoms with Crippen LogP contribution in [-0.4, -0.2) is 34.0 Å². The zero-order chi connectivity index (χ0) is 16.7. The van der Waals surface area contributed by atoms with Gasteiger partial charge >= 0.3 is 0 Å². The van der Waals surface area contributed by atoms with Crippen LogP contribution >= 0.6 is 0 Å². The summed E-state index contributed by atoms with van der Waals surface area (Å²) in [4.78, 5) is 19.2. The van der Waals surface area contributed by atoms with E-state index in [2.05, 4.69) is 10.1 Å². The summed E-state index contributed by atoms with van der Waals surface area (Å²) in [6.07, 6.45) is 2.04. The minimum Gasteiger partial charge on any atom is -0.339 e. The highest BCUT2D eigenvalue weighted by Crippen LogP contribution is 2.28. The van der Waals surface area contributed by atoms with Gasteiger partial charge in [-0.2, -0.15) is 0 Å². The molecule has 0 atom stereocenters. The van der Waals surface area contributed by atoms with Crippen molar-refractivity contribution >= 4 is 17.0 Å². The van der Waals surface area contributed by atoms with Gasteiger partial charge in [-0.25, -0.2) is 9.37 Å². The van der Waals surface area contributed by atoms with Gasteiger partial charge in [0.2, 0.25) is 0 Å². The fourth-order valence-electron chi connectivity index (χ4n) is 3.12. The lowest BCUT2D eigenvalue weighted by Gasteiger charge is -2.16. The molecule has 1 aromatic carbocycles. The largest absolute Gasteiger partial charge is 0.339 e. The topological polar surface area (TPSA) is 59.2 Å². The van der Waals surface area contributed by atoms with Crippen LogP contribution < -0.4 is 0 Å². The molecule has 3 heterocycles. The Labute approximate surface area is 138 Å². The fourth-order valence-corrected chi connectivity index (χ4v) is 3.12. The van der Waals surface area contributed by atoms with Crippen molar-refractivity contribution in [2.45, 2.75) is 19.8 Å². The maximum absolute atomic E-state index is 13.2. The van der Waals surface area contributed by atoms with Crippen molar-refractivity contribution in [2.24, 2.45) is 0 Å². The number of hydrogen-bond donors (Lipinski definition) is 0. The highest BCUT2D eigenvalue weighted by atomic mass is 19.1. The molecule has 0 spiro atoms. The maximum Gasteiger partial charge on any atom is 0.259 e. The number of halogens is 1. The van der Waals surface area contributed by atoms with Crippen molar-refractivity contribution in [3.8, 4) is 11.3 Å². The lowest BCUT2D eigenvalue weighted by molar-refractivity contribution is 0.0794. The Morgan fingerprint density at radius 2 is 1.92 bits per heavy atom. The number of benzene rings is 1.